The molecule has 0 aliphatic rings. The summed E-state index contributed by atoms with van der Waals surface area (Å²) in [6, 6.07) is 10.3. The molecule has 2 heterocycles. The largest absolute Gasteiger partial charge is 0.496 e. The van der Waals surface area contributed by atoms with Crippen molar-refractivity contribution >= 4 is 5.69 Å². The molecular formula is C16H9N5O2. The van der Waals surface area contributed by atoms with Crippen molar-refractivity contribution in [2.24, 2.45) is 0 Å². The van der Waals surface area contributed by atoms with Crippen LogP contribution in [0.15, 0.2) is 41.1 Å². The highest BCUT2D eigenvalue weighted by molar-refractivity contribution is 5.66. The minimum absolute atomic E-state index is 0.227. The molecule has 0 bridgehead atoms. The van der Waals surface area contributed by atoms with E-state index in [0.29, 0.717) is 34.1 Å². The van der Waals surface area contributed by atoms with Crippen molar-refractivity contribution in [3.05, 3.63) is 53.5 Å². The highest BCUT2D eigenvalue weighted by Crippen LogP contribution is 2.30. The summed E-state index contributed by atoms with van der Waals surface area (Å²) < 4.78 is 10.5. The van der Waals surface area contributed by atoms with Crippen LogP contribution in [0.25, 0.3) is 27.8 Å². The first-order chi connectivity index (χ1) is 11.2. The first-order valence-corrected chi connectivity index (χ1v) is 6.51. The smallest absolute Gasteiger partial charge is 0.262 e. The van der Waals surface area contributed by atoms with Crippen molar-refractivity contribution in [3.63, 3.8) is 0 Å². The third kappa shape index (κ3) is 2.71. The van der Waals surface area contributed by atoms with Gasteiger partial charge in [0.25, 0.3) is 5.89 Å². The molecule has 7 heteroatoms. The predicted molar refractivity (Wildman–Crippen MR) is 80.5 cm³/mol. The molecule has 7 nitrogen and oxygen atoms in total. The van der Waals surface area contributed by atoms with Crippen LogP contribution in [0.2, 0.25) is 0 Å². The second-order valence-electron chi connectivity index (χ2n) is 4.46. The summed E-state index contributed by atoms with van der Waals surface area (Å²) in [4.78, 5) is 11.7. The summed E-state index contributed by atoms with van der Waals surface area (Å²) in [7, 11) is 1.52. The Labute approximate surface area is 131 Å². The van der Waals surface area contributed by atoms with Crippen molar-refractivity contribution in [2.45, 2.75) is 0 Å². The minimum Gasteiger partial charge on any atom is -0.496 e. The second-order valence-corrected chi connectivity index (χ2v) is 4.46. The molecule has 0 aliphatic carbocycles. The summed E-state index contributed by atoms with van der Waals surface area (Å²) in [6.07, 6.45) is 1.44. The van der Waals surface area contributed by atoms with Crippen LogP contribution in [-0.4, -0.2) is 22.2 Å². The van der Waals surface area contributed by atoms with E-state index in [1.165, 1.54) is 13.3 Å². The van der Waals surface area contributed by atoms with E-state index in [1.54, 1.807) is 30.3 Å². The molecule has 0 fully saturated rings. The van der Waals surface area contributed by atoms with Crippen LogP contribution in [0.1, 0.15) is 5.56 Å². The number of benzene rings is 1. The highest BCUT2D eigenvalue weighted by Gasteiger charge is 2.16. The van der Waals surface area contributed by atoms with Crippen LogP contribution in [-0.2, 0) is 0 Å². The summed E-state index contributed by atoms with van der Waals surface area (Å²) in [5.74, 6) is 1.04. The van der Waals surface area contributed by atoms with E-state index in [4.69, 9.17) is 21.1 Å². The lowest BCUT2D eigenvalue weighted by atomic mass is 10.1. The van der Waals surface area contributed by atoms with E-state index in [2.05, 4.69) is 26.0 Å². The van der Waals surface area contributed by atoms with Crippen molar-refractivity contribution < 1.29 is 9.26 Å². The number of nitrogens with zero attached hydrogens (tertiary/aromatic N) is 5. The fourth-order valence-corrected chi connectivity index (χ4v) is 1.97. The number of aromatic nitrogens is 3. The molecule has 0 unspecified atom stereocenters. The summed E-state index contributed by atoms with van der Waals surface area (Å²) in [6.45, 7) is 6.91. The van der Waals surface area contributed by atoms with Crippen LogP contribution in [0, 0.1) is 17.9 Å². The highest BCUT2D eigenvalue weighted by atomic mass is 16.5. The van der Waals surface area contributed by atoms with Gasteiger partial charge in [0, 0.05) is 6.20 Å². The average molecular weight is 303 g/mol. The van der Waals surface area contributed by atoms with Crippen molar-refractivity contribution in [1.29, 1.82) is 5.26 Å². The van der Waals surface area contributed by atoms with Gasteiger partial charge < -0.3 is 9.26 Å². The molecular weight excluding hydrogens is 294 g/mol. The van der Waals surface area contributed by atoms with Gasteiger partial charge in [-0.3, -0.25) is 4.98 Å². The molecule has 0 N–H and O–H groups in total. The van der Waals surface area contributed by atoms with Crippen molar-refractivity contribution in [3.8, 4) is 34.8 Å². The van der Waals surface area contributed by atoms with E-state index in [1.807, 2.05) is 0 Å². The van der Waals surface area contributed by atoms with Gasteiger partial charge in [-0.1, -0.05) is 11.2 Å². The fraction of sp³-hybridized carbons (Fsp3) is 0.0625. The Balaban J connectivity index is 2.02. The van der Waals surface area contributed by atoms with Crippen molar-refractivity contribution in [2.75, 3.05) is 7.11 Å². The van der Waals surface area contributed by atoms with E-state index in [9.17, 15) is 0 Å². The lowest BCUT2D eigenvalue weighted by Crippen LogP contribution is -1.90. The molecule has 0 radical (unpaired) electrons. The van der Waals surface area contributed by atoms with Gasteiger partial charge in [0.1, 0.15) is 11.4 Å². The molecule has 1 aromatic carbocycles. The summed E-state index contributed by atoms with van der Waals surface area (Å²) in [5.41, 5.74) is 1.91. The van der Waals surface area contributed by atoms with Crippen LogP contribution >= 0.6 is 0 Å². The number of hydrogen-bond acceptors (Lipinski definition) is 6. The number of hydrogen-bond donors (Lipinski definition) is 0. The van der Waals surface area contributed by atoms with Gasteiger partial charge in [0.2, 0.25) is 11.5 Å². The minimum atomic E-state index is 0.227. The number of rotatable bonds is 3. The normalized spacial score (nSPS) is 9.87. The van der Waals surface area contributed by atoms with Crippen molar-refractivity contribution in [1.82, 2.24) is 15.1 Å². The summed E-state index contributed by atoms with van der Waals surface area (Å²) >= 11 is 0. The third-order valence-electron chi connectivity index (χ3n) is 3.09. The van der Waals surface area contributed by atoms with Gasteiger partial charge in [0.15, 0.2) is 0 Å². The number of methoxy groups -OCH3 is 1. The van der Waals surface area contributed by atoms with Gasteiger partial charge in [0.05, 0.1) is 30.9 Å². The topological polar surface area (TPSA) is 89.2 Å². The van der Waals surface area contributed by atoms with Crippen LogP contribution in [0.5, 0.6) is 5.75 Å². The van der Waals surface area contributed by atoms with Gasteiger partial charge in [-0.2, -0.15) is 10.2 Å². The van der Waals surface area contributed by atoms with Gasteiger partial charge >= 0.3 is 0 Å². The molecule has 2 aromatic heterocycles. The molecule has 3 aromatic rings. The molecule has 3 rings (SSSR count). The van der Waals surface area contributed by atoms with Crippen LogP contribution in [0.3, 0.4) is 0 Å². The molecule has 0 aliphatic heterocycles. The maximum absolute atomic E-state index is 9.01. The maximum atomic E-state index is 9.01. The fourth-order valence-electron chi connectivity index (χ4n) is 1.97. The van der Waals surface area contributed by atoms with Gasteiger partial charge in [-0.25, -0.2) is 4.85 Å². The van der Waals surface area contributed by atoms with Gasteiger partial charge in [-0.05, 0) is 24.3 Å². The van der Waals surface area contributed by atoms with E-state index in [0.717, 1.165) is 0 Å². The zero-order valence-electron chi connectivity index (χ0n) is 12.0. The SMILES string of the molecule is [C-]#[N+]c1ccc(-c2noc(-c3cc(C#N)ccc3OC)n2)nc1. The van der Waals surface area contributed by atoms with Gasteiger partial charge in [-0.15, -0.1) is 0 Å². The Morgan fingerprint density at radius 2 is 2.17 bits per heavy atom. The third-order valence-corrected chi connectivity index (χ3v) is 3.09. The Hall–Kier alpha value is -3.71. The van der Waals surface area contributed by atoms with Crippen LogP contribution in [0.4, 0.5) is 5.69 Å². The molecule has 23 heavy (non-hydrogen) atoms. The average Bonchev–Trinajstić information content (AvgIpc) is 3.11. The molecule has 110 valence electrons. The molecule has 0 saturated heterocycles. The van der Waals surface area contributed by atoms with Crippen LogP contribution < -0.4 is 4.74 Å². The molecule has 0 amide bonds. The Morgan fingerprint density at radius 1 is 1.30 bits per heavy atom. The summed E-state index contributed by atoms with van der Waals surface area (Å²) in [5, 5.41) is 12.9. The second kappa shape index (κ2) is 5.96. The zero-order valence-corrected chi connectivity index (χ0v) is 12.0. The molecule has 0 spiro atoms. The standard InChI is InChI=1S/C16H9N5O2/c1-18-11-4-5-13(19-9-11)15-20-16(23-21-15)12-7-10(8-17)3-6-14(12)22-2/h3-7,9H,2H3. The van der Waals surface area contributed by atoms with E-state index >= 15 is 0 Å². The lowest BCUT2D eigenvalue weighted by molar-refractivity contribution is 0.405. The monoisotopic (exact) mass is 303 g/mol. The quantitative estimate of drug-likeness (QED) is 0.690. The molecule has 0 atom stereocenters. The Bertz CT molecular complexity index is 932. The predicted octanol–water partition coefficient (Wildman–Crippen LogP) is 3.23. The lowest BCUT2D eigenvalue weighted by Gasteiger charge is -2.04. The first-order valence-electron chi connectivity index (χ1n) is 6.51. The number of ether oxygens (including phenoxy) is 1. The number of pyridine rings is 1. The zero-order chi connectivity index (χ0) is 16.2. The Kier molecular flexibility index (Phi) is 3.69. The van der Waals surface area contributed by atoms with E-state index in [-0.39, 0.29) is 5.89 Å². The maximum Gasteiger partial charge on any atom is 0.262 e. The number of nitriles is 1. The van der Waals surface area contributed by atoms with E-state index < -0.39 is 0 Å². The Morgan fingerprint density at radius 3 is 2.83 bits per heavy atom. The first kappa shape index (κ1) is 14.2. The molecule has 0 saturated carbocycles.